The Hall–Kier alpha value is -2.58. The fourth-order valence-electron chi connectivity index (χ4n) is 2.44. The highest BCUT2D eigenvalue weighted by molar-refractivity contribution is 6.33. The first-order chi connectivity index (χ1) is 11.7. The molecule has 0 atom stereocenters. The molecular weight excluding hydrogens is 323 g/mol. The highest BCUT2D eigenvalue weighted by atomic mass is 35.5. The molecule has 0 heterocycles. The zero-order valence-electron chi connectivity index (χ0n) is 13.0. The molecule has 120 valence electrons. The van der Waals surface area contributed by atoms with E-state index in [4.69, 9.17) is 16.3 Å². The second-order valence-corrected chi connectivity index (χ2v) is 5.80. The van der Waals surface area contributed by atoms with E-state index in [0.717, 1.165) is 16.7 Å². The van der Waals surface area contributed by atoms with Gasteiger partial charge in [0.15, 0.2) is 0 Å². The Morgan fingerprint density at radius 1 is 1.00 bits per heavy atom. The van der Waals surface area contributed by atoms with Crippen molar-refractivity contribution in [2.24, 2.45) is 0 Å². The van der Waals surface area contributed by atoms with Crippen LogP contribution in [0.15, 0.2) is 73.3 Å². The van der Waals surface area contributed by atoms with Crippen LogP contribution in [0.4, 0.5) is 4.39 Å². The van der Waals surface area contributed by atoms with E-state index in [0.29, 0.717) is 22.9 Å². The lowest BCUT2D eigenvalue weighted by Gasteiger charge is -2.11. The highest BCUT2D eigenvalue weighted by Crippen LogP contribution is 2.32. The summed E-state index contributed by atoms with van der Waals surface area (Å²) in [7, 11) is 0. The van der Waals surface area contributed by atoms with Gasteiger partial charge in [0.2, 0.25) is 0 Å². The molecule has 0 aliphatic heterocycles. The van der Waals surface area contributed by atoms with Crippen molar-refractivity contribution in [3.63, 3.8) is 0 Å². The minimum Gasteiger partial charge on any atom is -0.489 e. The van der Waals surface area contributed by atoms with E-state index in [9.17, 15) is 4.39 Å². The van der Waals surface area contributed by atoms with Gasteiger partial charge in [-0.2, -0.15) is 0 Å². The molecule has 0 amide bonds. The van der Waals surface area contributed by atoms with Crippen LogP contribution in [-0.2, 0) is 6.61 Å². The van der Waals surface area contributed by atoms with Gasteiger partial charge in [0.25, 0.3) is 0 Å². The topological polar surface area (TPSA) is 9.23 Å². The van der Waals surface area contributed by atoms with Crippen LogP contribution in [0, 0.1) is 5.82 Å². The van der Waals surface area contributed by atoms with Gasteiger partial charge >= 0.3 is 0 Å². The molecule has 0 N–H and O–H groups in total. The van der Waals surface area contributed by atoms with Gasteiger partial charge in [-0.15, -0.1) is 0 Å². The van der Waals surface area contributed by atoms with E-state index >= 15 is 0 Å². The van der Waals surface area contributed by atoms with Crippen molar-refractivity contribution in [3.05, 3.63) is 95.3 Å². The van der Waals surface area contributed by atoms with Crippen LogP contribution >= 0.6 is 11.6 Å². The molecule has 3 aromatic carbocycles. The Labute approximate surface area is 146 Å². The van der Waals surface area contributed by atoms with Crippen LogP contribution in [0.2, 0.25) is 5.02 Å². The maximum Gasteiger partial charge on any atom is 0.123 e. The first-order valence-corrected chi connectivity index (χ1v) is 7.93. The Balaban J connectivity index is 1.93. The molecule has 3 rings (SSSR count). The molecule has 0 aliphatic rings. The highest BCUT2D eigenvalue weighted by Gasteiger charge is 2.08. The molecule has 1 nitrogen and oxygen atoms in total. The summed E-state index contributed by atoms with van der Waals surface area (Å²) in [5.74, 6) is 0.358. The van der Waals surface area contributed by atoms with Gasteiger partial charge in [0.05, 0.1) is 0 Å². The number of hydrogen-bond donors (Lipinski definition) is 0. The predicted octanol–water partition coefficient (Wildman–Crippen LogP) is 6.37. The summed E-state index contributed by atoms with van der Waals surface area (Å²) in [5, 5.41) is 0.492. The normalized spacial score (nSPS) is 10.4. The van der Waals surface area contributed by atoms with Gasteiger partial charge < -0.3 is 4.74 Å². The van der Waals surface area contributed by atoms with E-state index in [2.05, 4.69) is 6.58 Å². The van der Waals surface area contributed by atoms with Crippen LogP contribution in [0.1, 0.15) is 11.1 Å². The van der Waals surface area contributed by atoms with Crippen LogP contribution in [0.3, 0.4) is 0 Å². The van der Waals surface area contributed by atoms with Gasteiger partial charge in [-0.25, -0.2) is 4.39 Å². The van der Waals surface area contributed by atoms with E-state index in [1.807, 2.05) is 48.5 Å². The quantitative estimate of drug-likeness (QED) is 0.525. The minimum atomic E-state index is -0.329. The molecule has 3 aromatic rings. The third-order valence-electron chi connectivity index (χ3n) is 3.65. The predicted molar refractivity (Wildman–Crippen MR) is 97.7 cm³/mol. The van der Waals surface area contributed by atoms with E-state index in [1.54, 1.807) is 12.1 Å². The van der Waals surface area contributed by atoms with Gasteiger partial charge in [0.1, 0.15) is 18.2 Å². The van der Waals surface area contributed by atoms with Crippen LogP contribution in [-0.4, -0.2) is 0 Å². The molecule has 0 radical (unpaired) electrons. The van der Waals surface area contributed by atoms with Crippen molar-refractivity contribution < 1.29 is 9.13 Å². The number of hydrogen-bond acceptors (Lipinski definition) is 1. The Morgan fingerprint density at radius 3 is 2.54 bits per heavy atom. The average Bonchev–Trinajstić information content (AvgIpc) is 2.62. The first-order valence-electron chi connectivity index (χ1n) is 7.55. The number of halogens is 2. The smallest absolute Gasteiger partial charge is 0.123 e. The molecule has 0 spiro atoms. The molecular formula is C21H16ClFO. The number of ether oxygens (including phenoxy) is 1. The first kappa shape index (κ1) is 16.3. The molecule has 0 fully saturated rings. The van der Waals surface area contributed by atoms with Crippen LogP contribution < -0.4 is 4.74 Å². The summed E-state index contributed by atoms with van der Waals surface area (Å²) in [6, 6.07) is 19.9. The van der Waals surface area contributed by atoms with Crippen LogP contribution in [0.5, 0.6) is 5.75 Å². The lowest BCUT2D eigenvalue weighted by atomic mass is 10.0. The summed E-state index contributed by atoms with van der Waals surface area (Å²) >= 11 is 6.22. The van der Waals surface area contributed by atoms with Crippen LogP contribution in [0.25, 0.3) is 17.2 Å². The summed E-state index contributed by atoms with van der Waals surface area (Å²) in [4.78, 5) is 0. The molecule has 0 saturated heterocycles. The third-order valence-corrected chi connectivity index (χ3v) is 3.98. The molecule has 0 unspecified atom stereocenters. The standard InChI is InChI=1S/C21H16ClFO/c1-2-15-10-17(20-13-18(23)8-9-21(20)22)12-19(11-15)24-14-16-6-4-3-5-7-16/h2-13H,1,14H2. The van der Waals surface area contributed by atoms with E-state index in [1.165, 1.54) is 12.1 Å². The lowest BCUT2D eigenvalue weighted by Crippen LogP contribution is -1.96. The van der Waals surface area contributed by atoms with Crippen molar-refractivity contribution in [1.82, 2.24) is 0 Å². The molecule has 0 bridgehead atoms. The largest absolute Gasteiger partial charge is 0.489 e. The maximum absolute atomic E-state index is 13.6. The fourth-order valence-corrected chi connectivity index (χ4v) is 2.67. The van der Waals surface area contributed by atoms with Gasteiger partial charge in [0, 0.05) is 10.6 Å². The Morgan fingerprint density at radius 2 is 1.79 bits per heavy atom. The van der Waals surface area contributed by atoms with Crippen molar-refractivity contribution >= 4 is 17.7 Å². The molecule has 3 heteroatoms. The molecule has 0 saturated carbocycles. The summed E-state index contributed by atoms with van der Waals surface area (Å²) in [5.41, 5.74) is 3.38. The Bertz CT molecular complexity index is 859. The Kier molecular flexibility index (Phi) is 4.97. The minimum absolute atomic E-state index is 0.329. The SMILES string of the molecule is C=Cc1cc(OCc2ccccc2)cc(-c2cc(F)ccc2Cl)c1. The maximum atomic E-state index is 13.6. The van der Waals surface area contributed by atoms with Crippen molar-refractivity contribution in [2.75, 3.05) is 0 Å². The summed E-state index contributed by atoms with van der Waals surface area (Å²) in [6.07, 6.45) is 1.73. The summed E-state index contributed by atoms with van der Waals surface area (Å²) < 4.78 is 19.5. The number of benzene rings is 3. The molecule has 0 aliphatic carbocycles. The van der Waals surface area contributed by atoms with Gasteiger partial charge in [-0.3, -0.25) is 0 Å². The van der Waals surface area contributed by atoms with Crippen molar-refractivity contribution in [2.45, 2.75) is 6.61 Å². The summed E-state index contributed by atoms with van der Waals surface area (Å²) in [6.45, 7) is 4.26. The van der Waals surface area contributed by atoms with Crippen molar-refractivity contribution in [1.29, 1.82) is 0 Å². The zero-order chi connectivity index (χ0) is 16.9. The number of rotatable bonds is 5. The molecule has 24 heavy (non-hydrogen) atoms. The molecule has 0 aromatic heterocycles. The van der Waals surface area contributed by atoms with E-state index in [-0.39, 0.29) is 5.82 Å². The average molecular weight is 339 g/mol. The third kappa shape index (κ3) is 3.84. The van der Waals surface area contributed by atoms with Gasteiger partial charge in [-0.05, 0) is 53.1 Å². The van der Waals surface area contributed by atoms with Gasteiger partial charge in [-0.1, -0.05) is 54.6 Å². The fraction of sp³-hybridized carbons (Fsp3) is 0.0476. The lowest BCUT2D eigenvalue weighted by molar-refractivity contribution is 0.306. The second kappa shape index (κ2) is 7.33. The monoisotopic (exact) mass is 338 g/mol. The van der Waals surface area contributed by atoms with Crippen molar-refractivity contribution in [3.8, 4) is 16.9 Å². The zero-order valence-corrected chi connectivity index (χ0v) is 13.8. The second-order valence-electron chi connectivity index (χ2n) is 5.39. The van der Waals surface area contributed by atoms with E-state index < -0.39 is 0 Å².